The van der Waals surface area contributed by atoms with E-state index in [1.165, 1.54) is 4.90 Å². The predicted molar refractivity (Wildman–Crippen MR) is 133 cm³/mol. The molecule has 36 heavy (non-hydrogen) atoms. The first kappa shape index (κ1) is 27.2. The molecule has 1 aliphatic heterocycles. The summed E-state index contributed by atoms with van der Waals surface area (Å²) in [6, 6.07) is 3.47. The number of aliphatic hydroxyl groups is 1. The summed E-state index contributed by atoms with van der Waals surface area (Å²) >= 11 is 0. The van der Waals surface area contributed by atoms with E-state index >= 15 is 0 Å². The van der Waals surface area contributed by atoms with Crippen LogP contribution in [-0.4, -0.2) is 81.1 Å². The fourth-order valence-corrected chi connectivity index (χ4v) is 4.57. The number of H-pyrrole nitrogens is 1. The number of carboxylic acid groups (broad SMARTS) is 1. The summed E-state index contributed by atoms with van der Waals surface area (Å²) in [7, 11) is 0. The molecular formula is C25H35N5O6. The fourth-order valence-electron chi connectivity index (χ4n) is 4.57. The minimum Gasteiger partial charge on any atom is -0.480 e. The summed E-state index contributed by atoms with van der Waals surface area (Å²) < 4.78 is 0. The number of fused-ring (bicyclic) bond motifs is 1. The monoisotopic (exact) mass is 501 g/mol. The first-order chi connectivity index (χ1) is 17.1. The molecule has 11 heteroatoms. The van der Waals surface area contributed by atoms with Crippen LogP contribution in [0.5, 0.6) is 0 Å². The van der Waals surface area contributed by atoms with Gasteiger partial charge in [0.2, 0.25) is 17.7 Å². The Morgan fingerprint density at radius 1 is 1.17 bits per heavy atom. The molecule has 4 unspecified atom stereocenters. The minimum absolute atomic E-state index is 0.183. The van der Waals surface area contributed by atoms with E-state index in [0.29, 0.717) is 19.3 Å². The fraction of sp³-hybridized carbons (Fsp3) is 0.520. The van der Waals surface area contributed by atoms with Crippen LogP contribution in [-0.2, 0) is 25.6 Å². The molecule has 196 valence electrons. The zero-order chi connectivity index (χ0) is 26.4. The number of aromatic nitrogens is 1. The number of aliphatic carboxylic acids is 1. The quantitative estimate of drug-likeness (QED) is 0.253. The lowest BCUT2D eigenvalue weighted by atomic mass is 10.0. The van der Waals surface area contributed by atoms with Gasteiger partial charge in [-0.1, -0.05) is 32.0 Å². The van der Waals surface area contributed by atoms with E-state index in [-0.39, 0.29) is 18.9 Å². The molecule has 0 spiro atoms. The van der Waals surface area contributed by atoms with Crippen molar-refractivity contribution in [1.82, 2.24) is 20.5 Å². The van der Waals surface area contributed by atoms with Gasteiger partial charge in [0.05, 0.1) is 12.6 Å². The standard InChI is InChI=1S/C25H35N5O6/c1-14(2)10-17(26)22(32)28-19(11-15-12-27-18-7-4-3-6-16(15)18)24(34)30-9-5-8-21(30)23(33)29-20(13-31)25(35)36/h3-4,6-7,12,14,17,19-21,27,31H,5,8-11,13,26H2,1-2H3,(H,28,32)(H,29,33)(H,35,36). The average molecular weight is 502 g/mol. The molecule has 1 saturated heterocycles. The SMILES string of the molecule is CC(C)CC(N)C(=O)NC(Cc1c[nH]c2ccccc12)C(=O)N1CCCC1C(=O)NC(CO)C(=O)O. The molecule has 2 heterocycles. The number of rotatable bonds is 11. The number of nitrogens with zero attached hydrogens (tertiary/aromatic N) is 1. The van der Waals surface area contributed by atoms with Gasteiger partial charge < -0.3 is 36.5 Å². The van der Waals surface area contributed by atoms with Crippen molar-refractivity contribution >= 4 is 34.6 Å². The van der Waals surface area contributed by atoms with Gasteiger partial charge in [0, 0.05) is 30.1 Å². The van der Waals surface area contributed by atoms with Crippen LogP contribution >= 0.6 is 0 Å². The molecule has 3 amide bonds. The zero-order valence-electron chi connectivity index (χ0n) is 20.6. The highest BCUT2D eigenvalue weighted by Crippen LogP contribution is 2.23. The number of carbonyl (C=O) groups excluding carboxylic acids is 3. The van der Waals surface area contributed by atoms with E-state index in [2.05, 4.69) is 15.6 Å². The van der Waals surface area contributed by atoms with Gasteiger partial charge in [0.25, 0.3) is 0 Å². The van der Waals surface area contributed by atoms with E-state index in [1.54, 1.807) is 6.20 Å². The van der Waals surface area contributed by atoms with Crippen molar-refractivity contribution < 1.29 is 29.4 Å². The van der Waals surface area contributed by atoms with Gasteiger partial charge in [0.15, 0.2) is 0 Å². The predicted octanol–water partition coefficient (Wildman–Crippen LogP) is 0.121. The van der Waals surface area contributed by atoms with Crippen molar-refractivity contribution in [3.8, 4) is 0 Å². The summed E-state index contributed by atoms with van der Waals surface area (Å²) in [5.74, 6) is -2.73. The third kappa shape index (κ3) is 6.41. The molecule has 1 aliphatic rings. The second kappa shape index (κ2) is 12.0. The van der Waals surface area contributed by atoms with Gasteiger partial charge in [-0.25, -0.2) is 4.79 Å². The van der Waals surface area contributed by atoms with Crippen LogP contribution in [0.4, 0.5) is 0 Å². The first-order valence-corrected chi connectivity index (χ1v) is 12.2. The highest BCUT2D eigenvalue weighted by atomic mass is 16.4. The van der Waals surface area contributed by atoms with Crippen LogP contribution < -0.4 is 16.4 Å². The third-order valence-electron chi connectivity index (χ3n) is 6.41. The summed E-state index contributed by atoms with van der Waals surface area (Å²) in [5, 5.41) is 24.4. The normalized spacial score (nSPS) is 18.1. The number of nitrogens with one attached hydrogen (secondary N) is 3. The number of nitrogens with two attached hydrogens (primary N) is 1. The summed E-state index contributed by atoms with van der Waals surface area (Å²) in [5.41, 5.74) is 7.79. The van der Waals surface area contributed by atoms with Gasteiger partial charge in [-0.3, -0.25) is 14.4 Å². The number of hydrogen-bond donors (Lipinski definition) is 6. The molecule has 0 radical (unpaired) electrons. The topological polar surface area (TPSA) is 178 Å². The summed E-state index contributed by atoms with van der Waals surface area (Å²) in [6.45, 7) is 3.42. The maximum Gasteiger partial charge on any atom is 0.328 e. The van der Waals surface area contributed by atoms with Crippen LogP contribution in [0, 0.1) is 5.92 Å². The van der Waals surface area contributed by atoms with Crippen molar-refractivity contribution in [1.29, 1.82) is 0 Å². The summed E-state index contributed by atoms with van der Waals surface area (Å²) in [6.07, 6.45) is 3.31. The van der Waals surface area contributed by atoms with Crippen LogP contribution in [0.25, 0.3) is 10.9 Å². The molecule has 1 fully saturated rings. The Kier molecular flexibility index (Phi) is 9.05. The Morgan fingerprint density at radius 2 is 1.89 bits per heavy atom. The van der Waals surface area contributed by atoms with Gasteiger partial charge in [-0.05, 0) is 36.8 Å². The number of carboxylic acids is 1. The number of hydrogen-bond acceptors (Lipinski definition) is 6. The molecule has 2 aromatic rings. The van der Waals surface area contributed by atoms with Crippen molar-refractivity contribution in [2.75, 3.05) is 13.2 Å². The minimum atomic E-state index is -1.47. The van der Waals surface area contributed by atoms with Crippen LogP contribution in [0.1, 0.15) is 38.7 Å². The van der Waals surface area contributed by atoms with Crippen molar-refractivity contribution in [2.24, 2.45) is 11.7 Å². The first-order valence-electron chi connectivity index (χ1n) is 12.2. The smallest absolute Gasteiger partial charge is 0.328 e. The maximum atomic E-state index is 13.7. The Balaban J connectivity index is 1.84. The molecule has 4 atom stereocenters. The van der Waals surface area contributed by atoms with Crippen molar-refractivity contribution in [2.45, 2.75) is 63.7 Å². The van der Waals surface area contributed by atoms with E-state index in [1.807, 2.05) is 38.1 Å². The highest BCUT2D eigenvalue weighted by molar-refractivity contribution is 5.95. The van der Waals surface area contributed by atoms with E-state index in [9.17, 15) is 24.3 Å². The van der Waals surface area contributed by atoms with Crippen LogP contribution in [0.3, 0.4) is 0 Å². The molecule has 11 nitrogen and oxygen atoms in total. The average Bonchev–Trinajstić information content (AvgIpc) is 3.48. The van der Waals surface area contributed by atoms with Gasteiger partial charge in [0.1, 0.15) is 18.1 Å². The van der Waals surface area contributed by atoms with Crippen molar-refractivity contribution in [3.63, 3.8) is 0 Å². The van der Waals surface area contributed by atoms with Gasteiger partial charge in [-0.2, -0.15) is 0 Å². The molecule has 1 aromatic heterocycles. The lowest BCUT2D eigenvalue weighted by Crippen LogP contribution is -2.57. The molecule has 0 saturated carbocycles. The van der Waals surface area contributed by atoms with E-state index in [0.717, 1.165) is 16.5 Å². The molecule has 3 rings (SSSR count). The molecule has 0 aliphatic carbocycles. The number of para-hydroxylation sites is 1. The van der Waals surface area contributed by atoms with E-state index < -0.39 is 54.5 Å². The number of benzene rings is 1. The van der Waals surface area contributed by atoms with Gasteiger partial charge >= 0.3 is 5.97 Å². The molecular weight excluding hydrogens is 466 g/mol. The van der Waals surface area contributed by atoms with E-state index in [4.69, 9.17) is 10.8 Å². The highest BCUT2D eigenvalue weighted by Gasteiger charge is 2.39. The molecule has 0 bridgehead atoms. The van der Waals surface area contributed by atoms with Gasteiger partial charge in [-0.15, -0.1) is 0 Å². The third-order valence-corrected chi connectivity index (χ3v) is 6.41. The Bertz CT molecular complexity index is 1100. The van der Waals surface area contributed by atoms with Crippen molar-refractivity contribution in [3.05, 3.63) is 36.0 Å². The number of carbonyl (C=O) groups is 4. The Hall–Kier alpha value is -3.44. The van der Waals surface area contributed by atoms with Crippen LogP contribution in [0.15, 0.2) is 30.5 Å². The molecule has 7 N–H and O–H groups in total. The Labute approximate surface area is 209 Å². The summed E-state index contributed by atoms with van der Waals surface area (Å²) in [4.78, 5) is 55.2. The van der Waals surface area contributed by atoms with Crippen LogP contribution in [0.2, 0.25) is 0 Å². The number of likely N-dealkylation sites (tertiary alicyclic amines) is 1. The zero-order valence-corrected chi connectivity index (χ0v) is 20.6. The number of aromatic amines is 1. The number of aliphatic hydroxyl groups excluding tert-OH is 1. The maximum absolute atomic E-state index is 13.7. The largest absolute Gasteiger partial charge is 0.480 e. The number of amides is 3. The molecule has 1 aromatic carbocycles. The second-order valence-electron chi connectivity index (χ2n) is 9.63. The lowest BCUT2D eigenvalue weighted by Gasteiger charge is -2.30. The lowest BCUT2D eigenvalue weighted by molar-refractivity contribution is -0.145. The second-order valence-corrected chi connectivity index (χ2v) is 9.63. The Morgan fingerprint density at radius 3 is 2.56 bits per heavy atom.